The fourth-order valence-electron chi connectivity index (χ4n) is 2.82. The molecule has 1 aliphatic heterocycles. The van der Waals surface area contributed by atoms with Crippen LogP contribution in [0.15, 0.2) is 30.3 Å². The number of sulfonamides is 1. The van der Waals surface area contributed by atoms with E-state index in [0.717, 1.165) is 31.1 Å². The lowest BCUT2D eigenvalue weighted by Gasteiger charge is -2.36. The van der Waals surface area contributed by atoms with E-state index in [9.17, 15) is 13.2 Å². The van der Waals surface area contributed by atoms with Gasteiger partial charge in [0, 0.05) is 19.1 Å². The van der Waals surface area contributed by atoms with Crippen molar-refractivity contribution < 1.29 is 13.2 Å². The van der Waals surface area contributed by atoms with Crippen molar-refractivity contribution in [2.75, 3.05) is 19.3 Å². The Hall–Kier alpha value is -1.60. The molecular formula is C16H25N3O3S. The molecule has 6 nitrogen and oxygen atoms in total. The van der Waals surface area contributed by atoms with Gasteiger partial charge in [0.05, 0.1) is 12.3 Å². The topological polar surface area (TPSA) is 78.5 Å². The first kappa shape index (κ1) is 17.7. The standard InChI is InChI=1S/C16H25N3O3S/c1-13(14-8-4-3-5-9-14)18-16(20)19-11-7-6-10-15(19)12-17-23(2,21)22/h3-5,8-9,13,15,17H,6-7,10-12H2,1-2H3,(H,18,20)/t13-,15+/m1/s1. The highest BCUT2D eigenvalue weighted by Crippen LogP contribution is 2.18. The minimum Gasteiger partial charge on any atom is -0.331 e. The van der Waals surface area contributed by atoms with Crippen LogP contribution in [0.3, 0.4) is 0 Å². The van der Waals surface area contributed by atoms with Crippen LogP contribution in [-0.2, 0) is 10.0 Å². The summed E-state index contributed by atoms with van der Waals surface area (Å²) in [7, 11) is -3.25. The molecule has 1 heterocycles. The minimum absolute atomic E-state index is 0.0888. The number of benzene rings is 1. The van der Waals surface area contributed by atoms with E-state index in [-0.39, 0.29) is 24.7 Å². The molecule has 0 saturated carbocycles. The van der Waals surface area contributed by atoms with E-state index in [1.165, 1.54) is 0 Å². The zero-order valence-corrected chi connectivity index (χ0v) is 14.5. The van der Waals surface area contributed by atoms with Crippen LogP contribution in [0.4, 0.5) is 4.79 Å². The number of nitrogens with zero attached hydrogens (tertiary/aromatic N) is 1. The lowest BCUT2D eigenvalue weighted by Crippen LogP contribution is -2.53. The van der Waals surface area contributed by atoms with Crippen LogP contribution in [0.25, 0.3) is 0 Å². The first-order chi connectivity index (χ1) is 10.9. The first-order valence-electron chi connectivity index (χ1n) is 7.93. The predicted molar refractivity (Wildman–Crippen MR) is 90.6 cm³/mol. The maximum absolute atomic E-state index is 12.6. The Morgan fingerprint density at radius 1 is 1.30 bits per heavy atom. The van der Waals surface area contributed by atoms with E-state index in [2.05, 4.69) is 10.0 Å². The van der Waals surface area contributed by atoms with Gasteiger partial charge in [0.25, 0.3) is 0 Å². The largest absolute Gasteiger partial charge is 0.331 e. The van der Waals surface area contributed by atoms with Crippen molar-refractivity contribution in [2.24, 2.45) is 0 Å². The maximum atomic E-state index is 12.6. The Balaban J connectivity index is 1.97. The van der Waals surface area contributed by atoms with E-state index < -0.39 is 10.0 Å². The van der Waals surface area contributed by atoms with Crippen LogP contribution < -0.4 is 10.0 Å². The minimum atomic E-state index is -3.25. The summed E-state index contributed by atoms with van der Waals surface area (Å²) < 4.78 is 25.1. The zero-order valence-electron chi connectivity index (χ0n) is 13.7. The van der Waals surface area contributed by atoms with Crippen molar-refractivity contribution in [1.82, 2.24) is 14.9 Å². The summed E-state index contributed by atoms with van der Waals surface area (Å²) in [6, 6.07) is 9.45. The van der Waals surface area contributed by atoms with Gasteiger partial charge in [0.1, 0.15) is 0 Å². The number of urea groups is 1. The Kier molecular flexibility index (Phi) is 6.01. The Labute approximate surface area is 138 Å². The molecule has 0 spiro atoms. The average molecular weight is 339 g/mol. The highest BCUT2D eigenvalue weighted by atomic mass is 32.2. The van der Waals surface area contributed by atoms with E-state index in [1.54, 1.807) is 4.90 Å². The maximum Gasteiger partial charge on any atom is 0.318 e. The van der Waals surface area contributed by atoms with Gasteiger partial charge < -0.3 is 10.2 Å². The number of rotatable bonds is 5. The van der Waals surface area contributed by atoms with E-state index in [1.807, 2.05) is 37.3 Å². The summed E-state index contributed by atoms with van der Waals surface area (Å²) in [5, 5.41) is 3.00. The van der Waals surface area contributed by atoms with Crippen molar-refractivity contribution in [2.45, 2.75) is 38.3 Å². The lowest BCUT2D eigenvalue weighted by atomic mass is 10.0. The van der Waals surface area contributed by atoms with Crippen LogP contribution in [0.1, 0.15) is 37.8 Å². The van der Waals surface area contributed by atoms with Crippen LogP contribution in [-0.4, -0.2) is 44.7 Å². The monoisotopic (exact) mass is 339 g/mol. The van der Waals surface area contributed by atoms with Gasteiger partial charge in [-0.3, -0.25) is 0 Å². The molecule has 23 heavy (non-hydrogen) atoms. The first-order valence-corrected chi connectivity index (χ1v) is 9.82. The van der Waals surface area contributed by atoms with E-state index >= 15 is 0 Å². The third-order valence-corrected chi connectivity index (χ3v) is 4.80. The SMILES string of the molecule is C[C@@H](NC(=O)N1CCCC[C@H]1CNS(C)(=O)=O)c1ccccc1. The van der Waals surface area contributed by atoms with Crippen molar-refractivity contribution >= 4 is 16.1 Å². The molecule has 7 heteroatoms. The fourth-order valence-corrected chi connectivity index (χ4v) is 3.32. The van der Waals surface area contributed by atoms with E-state index in [4.69, 9.17) is 0 Å². The molecule has 2 atom stereocenters. The van der Waals surface area contributed by atoms with Crippen molar-refractivity contribution in [3.8, 4) is 0 Å². The summed E-state index contributed by atoms with van der Waals surface area (Å²) in [5.74, 6) is 0. The molecule has 0 aliphatic carbocycles. The molecule has 0 unspecified atom stereocenters. The van der Waals surface area contributed by atoms with Crippen molar-refractivity contribution in [3.05, 3.63) is 35.9 Å². The number of carbonyl (C=O) groups is 1. The molecule has 0 aromatic heterocycles. The molecule has 128 valence electrons. The Morgan fingerprint density at radius 2 is 2.00 bits per heavy atom. The van der Waals surface area contributed by atoms with Gasteiger partial charge >= 0.3 is 6.03 Å². The molecule has 1 fully saturated rings. The summed E-state index contributed by atoms with van der Waals surface area (Å²) in [4.78, 5) is 14.3. The van der Waals surface area contributed by atoms with Gasteiger partial charge in [-0.1, -0.05) is 30.3 Å². The second-order valence-electron chi connectivity index (χ2n) is 6.05. The third kappa shape index (κ3) is 5.51. The van der Waals surface area contributed by atoms with Gasteiger partial charge in [-0.2, -0.15) is 0 Å². The quantitative estimate of drug-likeness (QED) is 0.859. The van der Waals surface area contributed by atoms with Crippen molar-refractivity contribution in [1.29, 1.82) is 0 Å². The summed E-state index contributed by atoms with van der Waals surface area (Å²) in [6.07, 6.45) is 3.91. The molecule has 2 amide bonds. The van der Waals surface area contributed by atoms with Crippen molar-refractivity contribution in [3.63, 3.8) is 0 Å². The molecule has 2 N–H and O–H groups in total. The van der Waals surface area contributed by atoms with Crippen LogP contribution in [0, 0.1) is 0 Å². The number of hydrogen-bond acceptors (Lipinski definition) is 3. The second-order valence-corrected chi connectivity index (χ2v) is 7.88. The molecular weight excluding hydrogens is 314 g/mol. The lowest BCUT2D eigenvalue weighted by molar-refractivity contribution is 0.149. The number of amides is 2. The second kappa shape index (κ2) is 7.79. The number of nitrogens with one attached hydrogen (secondary N) is 2. The van der Waals surface area contributed by atoms with Gasteiger partial charge in [0.15, 0.2) is 0 Å². The van der Waals surface area contributed by atoms with Gasteiger partial charge in [-0.15, -0.1) is 0 Å². The van der Waals surface area contributed by atoms with Crippen LogP contribution >= 0.6 is 0 Å². The predicted octanol–water partition coefficient (Wildman–Crippen LogP) is 1.86. The van der Waals surface area contributed by atoms with Crippen LogP contribution in [0.2, 0.25) is 0 Å². The number of likely N-dealkylation sites (tertiary alicyclic amines) is 1. The molecule has 1 aromatic carbocycles. The fraction of sp³-hybridized carbons (Fsp3) is 0.562. The molecule has 1 aromatic rings. The smallest absolute Gasteiger partial charge is 0.318 e. The Morgan fingerprint density at radius 3 is 2.65 bits per heavy atom. The highest BCUT2D eigenvalue weighted by molar-refractivity contribution is 7.88. The molecule has 2 rings (SSSR count). The number of hydrogen-bond donors (Lipinski definition) is 2. The molecule has 1 saturated heterocycles. The van der Waals surface area contributed by atoms with Gasteiger partial charge in [-0.25, -0.2) is 17.9 Å². The molecule has 1 aliphatic rings. The van der Waals surface area contributed by atoms with Gasteiger partial charge in [0.2, 0.25) is 10.0 Å². The van der Waals surface area contributed by atoms with E-state index in [0.29, 0.717) is 6.54 Å². The summed E-state index contributed by atoms with van der Waals surface area (Å²) in [5.41, 5.74) is 1.05. The summed E-state index contributed by atoms with van der Waals surface area (Å²) >= 11 is 0. The molecule has 0 radical (unpaired) electrons. The average Bonchev–Trinajstić information content (AvgIpc) is 2.53. The molecule has 0 bridgehead atoms. The third-order valence-electron chi connectivity index (χ3n) is 4.11. The highest BCUT2D eigenvalue weighted by Gasteiger charge is 2.28. The zero-order chi connectivity index (χ0) is 16.9. The summed E-state index contributed by atoms with van der Waals surface area (Å²) in [6.45, 7) is 2.87. The van der Waals surface area contributed by atoms with Gasteiger partial charge in [-0.05, 0) is 31.7 Å². The normalized spacial score (nSPS) is 20.1. The van der Waals surface area contributed by atoms with Crippen LogP contribution in [0.5, 0.6) is 0 Å². The number of piperidine rings is 1. The number of carbonyl (C=O) groups excluding carboxylic acids is 1. The Bertz CT molecular complexity index is 619.